The molecular weight excluding hydrogens is 321 g/mol. The Balaban J connectivity index is 1.91. The summed E-state index contributed by atoms with van der Waals surface area (Å²) >= 11 is 5.77. The summed E-state index contributed by atoms with van der Waals surface area (Å²) in [5.41, 5.74) is -0.772. The Morgan fingerprint density at radius 2 is 2.24 bits per heavy atom. The molecule has 0 radical (unpaired) electrons. The molecule has 8 heteroatoms. The first kappa shape index (κ1) is 16.0. The summed E-state index contributed by atoms with van der Waals surface area (Å²) in [7, 11) is -3.10. The monoisotopic (exact) mass is 335 g/mol. The van der Waals surface area contributed by atoms with Crippen LogP contribution in [0.15, 0.2) is 18.2 Å². The van der Waals surface area contributed by atoms with Crippen LogP contribution in [0.5, 0.6) is 5.75 Å². The second-order valence-corrected chi connectivity index (χ2v) is 7.91. The van der Waals surface area contributed by atoms with Crippen LogP contribution in [0.3, 0.4) is 0 Å². The first-order valence-corrected chi connectivity index (χ1v) is 8.48. The summed E-state index contributed by atoms with van der Waals surface area (Å²) < 4.78 is 41.0. The average Bonchev–Trinajstić information content (AvgIpc) is 2.62. The van der Waals surface area contributed by atoms with Gasteiger partial charge in [0.25, 0.3) is 5.91 Å². The van der Waals surface area contributed by atoms with E-state index in [0.717, 1.165) is 6.07 Å². The van der Waals surface area contributed by atoms with Crippen molar-refractivity contribution in [2.45, 2.75) is 18.9 Å². The molecule has 1 amide bonds. The summed E-state index contributed by atoms with van der Waals surface area (Å²) in [6.07, 6.45) is 0.373. The van der Waals surface area contributed by atoms with E-state index in [0.29, 0.717) is 6.42 Å². The van der Waals surface area contributed by atoms with Crippen molar-refractivity contribution in [3.05, 3.63) is 29.0 Å². The normalized spacial score (nSPS) is 23.8. The van der Waals surface area contributed by atoms with E-state index in [9.17, 15) is 17.6 Å². The highest BCUT2D eigenvalue weighted by Crippen LogP contribution is 2.25. The van der Waals surface area contributed by atoms with Gasteiger partial charge in [0.15, 0.2) is 16.4 Å². The van der Waals surface area contributed by atoms with Crippen LogP contribution in [-0.2, 0) is 14.6 Å². The number of ether oxygens (including phenoxy) is 1. The van der Waals surface area contributed by atoms with E-state index in [2.05, 4.69) is 5.32 Å². The van der Waals surface area contributed by atoms with Crippen LogP contribution >= 0.6 is 11.6 Å². The van der Waals surface area contributed by atoms with Gasteiger partial charge < -0.3 is 10.1 Å². The Hall–Kier alpha value is -1.34. The van der Waals surface area contributed by atoms with Crippen molar-refractivity contribution >= 4 is 27.3 Å². The number of rotatable bonds is 4. The van der Waals surface area contributed by atoms with E-state index in [1.807, 2.05) is 0 Å². The highest BCUT2D eigenvalue weighted by molar-refractivity contribution is 7.91. The lowest BCUT2D eigenvalue weighted by Gasteiger charge is -2.23. The fourth-order valence-electron chi connectivity index (χ4n) is 2.22. The molecule has 0 saturated carbocycles. The summed E-state index contributed by atoms with van der Waals surface area (Å²) in [6.45, 7) is 1.36. The van der Waals surface area contributed by atoms with Crippen molar-refractivity contribution in [3.8, 4) is 5.75 Å². The second-order valence-electron chi connectivity index (χ2n) is 5.31. The zero-order valence-electron chi connectivity index (χ0n) is 11.4. The molecule has 21 heavy (non-hydrogen) atoms. The van der Waals surface area contributed by atoms with E-state index in [-0.39, 0.29) is 28.9 Å². The molecule has 0 aromatic heterocycles. The number of benzene rings is 1. The van der Waals surface area contributed by atoms with E-state index >= 15 is 0 Å². The fraction of sp³-hybridized carbons (Fsp3) is 0.462. The molecule has 1 saturated heterocycles. The third kappa shape index (κ3) is 4.31. The molecule has 0 aliphatic carbocycles. The lowest BCUT2D eigenvalue weighted by Crippen LogP contribution is -2.48. The standard InChI is InChI=1S/C13H15ClFNO4S/c1-13(4-5-21(18,19)8-13)16-12(17)7-20-11-3-2-9(15)6-10(11)14/h2-3,6H,4-5,7-8H2,1H3,(H,16,17). The number of carbonyl (C=O) groups excluding carboxylic acids is 1. The molecule has 1 aromatic carbocycles. The molecule has 1 aromatic rings. The Kier molecular flexibility index (Phi) is 4.43. The summed E-state index contributed by atoms with van der Waals surface area (Å²) in [5.74, 6) is -0.773. The third-order valence-electron chi connectivity index (χ3n) is 3.20. The molecule has 1 N–H and O–H groups in total. The molecule has 1 atom stereocenters. The van der Waals surface area contributed by atoms with Gasteiger partial charge in [0.2, 0.25) is 0 Å². The Morgan fingerprint density at radius 1 is 1.52 bits per heavy atom. The summed E-state index contributed by atoms with van der Waals surface area (Å²) in [6, 6.07) is 3.58. The van der Waals surface area contributed by atoms with Crippen LogP contribution in [0.1, 0.15) is 13.3 Å². The zero-order chi connectivity index (χ0) is 15.7. The third-order valence-corrected chi connectivity index (χ3v) is 5.40. The van der Waals surface area contributed by atoms with E-state index in [1.54, 1.807) is 6.92 Å². The number of nitrogens with one attached hydrogen (secondary N) is 1. The van der Waals surface area contributed by atoms with Gasteiger partial charge in [0.05, 0.1) is 22.1 Å². The average molecular weight is 336 g/mol. The van der Waals surface area contributed by atoms with Gasteiger partial charge in [-0.05, 0) is 31.5 Å². The molecular formula is C13H15ClFNO4S. The van der Waals surface area contributed by atoms with Gasteiger partial charge in [0.1, 0.15) is 11.6 Å². The maximum Gasteiger partial charge on any atom is 0.258 e. The van der Waals surface area contributed by atoms with Crippen molar-refractivity contribution in [2.24, 2.45) is 0 Å². The SMILES string of the molecule is CC1(NC(=O)COc2ccc(F)cc2Cl)CCS(=O)(=O)C1. The smallest absolute Gasteiger partial charge is 0.258 e. The zero-order valence-corrected chi connectivity index (χ0v) is 12.9. The first-order chi connectivity index (χ1) is 9.69. The highest BCUT2D eigenvalue weighted by atomic mass is 35.5. The Bertz CT molecular complexity index is 664. The summed E-state index contributed by atoms with van der Waals surface area (Å²) in [4.78, 5) is 11.8. The van der Waals surface area contributed by atoms with E-state index in [1.165, 1.54) is 12.1 Å². The number of carbonyl (C=O) groups is 1. The maximum absolute atomic E-state index is 12.9. The van der Waals surface area contributed by atoms with Gasteiger partial charge in [-0.25, -0.2) is 12.8 Å². The van der Waals surface area contributed by atoms with Gasteiger partial charge in [-0.2, -0.15) is 0 Å². The number of amides is 1. The maximum atomic E-state index is 12.9. The quantitative estimate of drug-likeness (QED) is 0.906. The van der Waals surface area contributed by atoms with E-state index in [4.69, 9.17) is 16.3 Å². The molecule has 1 heterocycles. The highest BCUT2D eigenvalue weighted by Gasteiger charge is 2.39. The predicted octanol–water partition coefficient (Wildman–Crippen LogP) is 1.55. The Morgan fingerprint density at radius 3 is 2.81 bits per heavy atom. The molecule has 1 aliphatic heterocycles. The summed E-state index contributed by atoms with van der Waals surface area (Å²) in [5, 5.41) is 2.72. The molecule has 0 spiro atoms. The Labute approximate surface area is 127 Å². The van der Waals surface area contributed by atoms with Crippen molar-refractivity contribution in [3.63, 3.8) is 0 Å². The number of hydrogen-bond donors (Lipinski definition) is 1. The molecule has 5 nitrogen and oxygen atoms in total. The minimum atomic E-state index is -3.10. The lowest BCUT2D eigenvalue weighted by molar-refractivity contribution is -0.124. The largest absolute Gasteiger partial charge is 0.482 e. The van der Waals surface area contributed by atoms with Crippen LogP contribution in [0.25, 0.3) is 0 Å². The van der Waals surface area contributed by atoms with Crippen LogP contribution in [-0.4, -0.2) is 38.0 Å². The number of halogens is 2. The van der Waals surface area contributed by atoms with E-state index < -0.39 is 27.1 Å². The number of hydrogen-bond acceptors (Lipinski definition) is 4. The van der Waals surface area contributed by atoms with Gasteiger partial charge in [-0.3, -0.25) is 4.79 Å². The van der Waals surface area contributed by atoms with Gasteiger partial charge in [-0.15, -0.1) is 0 Å². The molecule has 0 bridgehead atoms. The predicted molar refractivity (Wildman–Crippen MR) is 76.7 cm³/mol. The van der Waals surface area contributed by atoms with Crippen LogP contribution in [0, 0.1) is 5.82 Å². The van der Waals surface area contributed by atoms with Gasteiger partial charge >= 0.3 is 0 Å². The first-order valence-electron chi connectivity index (χ1n) is 6.28. The fourth-order valence-corrected chi connectivity index (χ4v) is 4.53. The van der Waals surface area contributed by atoms with Gasteiger partial charge in [0, 0.05) is 0 Å². The van der Waals surface area contributed by atoms with Crippen LogP contribution in [0.2, 0.25) is 5.02 Å². The molecule has 2 rings (SSSR count). The van der Waals surface area contributed by atoms with Crippen LogP contribution < -0.4 is 10.1 Å². The van der Waals surface area contributed by atoms with Crippen molar-refractivity contribution < 1.29 is 22.3 Å². The van der Waals surface area contributed by atoms with Crippen LogP contribution in [0.4, 0.5) is 4.39 Å². The molecule has 116 valence electrons. The minimum absolute atomic E-state index is 0.0639. The molecule has 1 unspecified atom stereocenters. The van der Waals surface area contributed by atoms with Crippen molar-refractivity contribution in [2.75, 3.05) is 18.1 Å². The topological polar surface area (TPSA) is 72.5 Å². The minimum Gasteiger partial charge on any atom is -0.482 e. The van der Waals surface area contributed by atoms with Crippen molar-refractivity contribution in [1.29, 1.82) is 0 Å². The molecule has 1 fully saturated rings. The van der Waals surface area contributed by atoms with Gasteiger partial charge in [-0.1, -0.05) is 11.6 Å². The van der Waals surface area contributed by atoms with Crippen molar-refractivity contribution in [1.82, 2.24) is 5.32 Å². The lowest BCUT2D eigenvalue weighted by atomic mass is 10.0. The number of sulfone groups is 1. The second kappa shape index (κ2) is 5.81. The molecule has 1 aliphatic rings.